The van der Waals surface area contributed by atoms with Crippen LogP contribution in [0.4, 0.5) is 13.2 Å². The normalized spacial score (nSPS) is 23.0. The molecular weight excluding hydrogens is 281 g/mol. The molecule has 1 amide bonds. The summed E-state index contributed by atoms with van der Waals surface area (Å²) in [5, 5.41) is 3.16. The molecular formula is C15H19F3N2O. The van der Waals surface area contributed by atoms with Gasteiger partial charge in [-0.1, -0.05) is 18.2 Å². The van der Waals surface area contributed by atoms with Crippen LogP contribution in [0.2, 0.25) is 0 Å². The van der Waals surface area contributed by atoms with Gasteiger partial charge in [-0.2, -0.15) is 13.2 Å². The van der Waals surface area contributed by atoms with Crippen molar-refractivity contribution in [2.45, 2.75) is 44.4 Å². The van der Waals surface area contributed by atoms with Gasteiger partial charge in [-0.15, -0.1) is 0 Å². The molecule has 0 unspecified atom stereocenters. The molecule has 1 aromatic rings. The second-order valence-electron chi connectivity index (χ2n) is 5.49. The van der Waals surface area contributed by atoms with Crippen LogP contribution in [0, 0.1) is 5.92 Å². The number of nitrogens with two attached hydrogens (primary N) is 1. The van der Waals surface area contributed by atoms with Crippen molar-refractivity contribution in [2.24, 2.45) is 11.7 Å². The minimum absolute atomic E-state index is 0.0921. The fourth-order valence-electron chi connectivity index (χ4n) is 2.79. The van der Waals surface area contributed by atoms with Gasteiger partial charge in [0.25, 0.3) is 0 Å². The molecule has 3 nitrogen and oxygen atoms in total. The number of primary amides is 1. The quantitative estimate of drug-likeness (QED) is 0.898. The predicted molar refractivity (Wildman–Crippen MR) is 73.2 cm³/mol. The van der Waals surface area contributed by atoms with E-state index in [1.807, 2.05) is 0 Å². The van der Waals surface area contributed by atoms with Gasteiger partial charge in [-0.05, 0) is 37.3 Å². The molecule has 0 saturated heterocycles. The van der Waals surface area contributed by atoms with E-state index < -0.39 is 11.7 Å². The van der Waals surface area contributed by atoms with Crippen LogP contribution in [0.25, 0.3) is 0 Å². The van der Waals surface area contributed by atoms with E-state index in [4.69, 9.17) is 5.73 Å². The summed E-state index contributed by atoms with van der Waals surface area (Å²) >= 11 is 0. The summed E-state index contributed by atoms with van der Waals surface area (Å²) in [5.74, 6) is -0.374. The van der Waals surface area contributed by atoms with Gasteiger partial charge < -0.3 is 11.1 Å². The minimum Gasteiger partial charge on any atom is -0.369 e. The van der Waals surface area contributed by atoms with E-state index in [9.17, 15) is 18.0 Å². The van der Waals surface area contributed by atoms with E-state index >= 15 is 0 Å². The summed E-state index contributed by atoms with van der Waals surface area (Å²) in [5.41, 5.74) is 4.92. The second-order valence-corrected chi connectivity index (χ2v) is 5.49. The highest BCUT2D eigenvalue weighted by molar-refractivity contribution is 5.76. The fraction of sp³-hybridized carbons (Fsp3) is 0.533. The molecule has 0 heterocycles. The molecule has 0 aromatic heterocycles. The van der Waals surface area contributed by atoms with Crippen molar-refractivity contribution in [1.29, 1.82) is 0 Å². The van der Waals surface area contributed by atoms with Crippen molar-refractivity contribution in [3.8, 4) is 0 Å². The van der Waals surface area contributed by atoms with Crippen molar-refractivity contribution >= 4 is 5.91 Å². The van der Waals surface area contributed by atoms with Crippen LogP contribution < -0.4 is 11.1 Å². The second kappa shape index (κ2) is 6.47. The molecule has 116 valence electrons. The van der Waals surface area contributed by atoms with Gasteiger partial charge >= 0.3 is 6.18 Å². The Bertz CT molecular complexity index is 494. The van der Waals surface area contributed by atoms with Crippen molar-refractivity contribution < 1.29 is 18.0 Å². The maximum absolute atomic E-state index is 12.9. The van der Waals surface area contributed by atoms with Crippen LogP contribution in [0.3, 0.4) is 0 Å². The molecule has 0 aliphatic heterocycles. The highest BCUT2D eigenvalue weighted by Crippen LogP contribution is 2.32. The maximum atomic E-state index is 12.9. The lowest BCUT2D eigenvalue weighted by molar-refractivity contribution is -0.138. The Hall–Kier alpha value is -1.56. The number of amides is 1. The van der Waals surface area contributed by atoms with Gasteiger partial charge in [0.1, 0.15) is 0 Å². The Balaban J connectivity index is 1.91. The van der Waals surface area contributed by atoms with E-state index in [0.29, 0.717) is 12.8 Å². The predicted octanol–water partition coefficient (Wildman–Crippen LogP) is 2.84. The van der Waals surface area contributed by atoms with Gasteiger partial charge in [0, 0.05) is 18.5 Å². The first-order chi connectivity index (χ1) is 9.88. The zero-order valence-electron chi connectivity index (χ0n) is 11.6. The van der Waals surface area contributed by atoms with E-state index in [-0.39, 0.29) is 30.0 Å². The smallest absolute Gasteiger partial charge is 0.369 e. The Morgan fingerprint density at radius 3 is 2.38 bits per heavy atom. The number of hydrogen-bond donors (Lipinski definition) is 2. The standard InChI is InChI=1S/C15H19F3N2O/c16-15(17,18)13-4-2-1-3-11(13)9-20-12-7-5-10(6-8-12)14(19)21/h1-4,10,12,20H,5-9H2,(H2,19,21). The van der Waals surface area contributed by atoms with Crippen LogP contribution >= 0.6 is 0 Å². The van der Waals surface area contributed by atoms with Gasteiger partial charge in [-0.3, -0.25) is 4.79 Å². The zero-order chi connectivity index (χ0) is 15.5. The summed E-state index contributed by atoms with van der Waals surface area (Å²) in [6.07, 6.45) is -1.40. The molecule has 6 heteroatoms. The Labute approximate surface area is 121 Å². The zero-order valence-corrected chi connectivity index (χ0v) is 11.6. The van der Waals surface area contributed by atoms with Crippen LogP contribution in [-0.2, 0) is 17.5 Å². The Morgan fingerprint density at radius 2 is 1.81 bits per heavy atom. The molecule has 0 atom stereocenters. The van der Waals surface area contributed by atoms with Gasteiger partial charge in [0.15, 0.2) is 0 Å². The largest absolute Gasteiger partial charge is 0.416 e. The minimum atomic E-state index is -4.33. The van der Waals surface area contributed by atoms with Crippen molar-refractivity contribution in [3.05, 3.63) is 35.4 Å². The number of hydrogen-bond acceptors (Lipinski definition) is 2. The summed E-state index contributed by atoms with van der Waals surface area (Å²) in [6, 6.07) is 5.73. The maximum Gasteiger partial charge on any atom is 0.416 e. The lowest BCUT2D eigenvalue weighted by atomic mass is 9.85. The number of rotatable bonds is 4. The van der Waals surface area contributed by atoms with E-state index in [1.54, 1.807) is 6.07 Å². The molecule has 2 rings (SSSR count). The molecule has 0 spiro atoms. The molecule has 1 fully saturated rings. The first-order valence-electron chi connectivity index (χ1n) is 7.05. The molecule has 1 aliphatic rings. The third-order valence-corrected chi connectivity index (χ3v) is 4.03. The summed E-state index contributed by atoms with van der Waals surface area (Å²) < 4.78 is 38.6. The van der Waals surface area contributed by atoms with Gasteiger partial charge in [-0.25, -0.2) is 0 Å². The molecule has 0 radical (unpaired) electrons. The van der Waals surface area contributed by atoms with Crippen molar-refractivity contribution in [3.63, 3.8) is 0 Å². The SMILES string of the molecule is NC(=O)C1CCC(NCc2ccccc2C(F)(F)F)CC1. The highest BCUT2D eigenvalue weighted by Gasteiger charge is 2.33. The highest BCUT2D eigenvalue weighted by atomic mass is 19.4. The first kappa shape index (κ1) is 15.8. The van der Waals surface area contributed by atoms with Crippen molar-refractivity contribution in [2.75, 3.05) is 0 Å². The summed E-state index contributed by atoms with van der Waals surface area (Å²) in [6.45, 7) is 0.182. The molecule has 21 heavy (non-hydrogen) atoms. The van der Waals surface area contributed by atoms with Gasteiger partial charge in [0.2, 0.25) is 5.91 Å². The van der Waals surface area contributed by atoms with Crippen LogP contribution in [0.15, 0.2) is 24.3 Å². The lowest BCUT2D eigenvalue weighted by Crippen LogP contribution is -2.36. The molecule has 1 aromatic carbocycles. The number of nitrogens with one attached hydrogen (secondary N) is 1. The monoisotopic (exact) mass is 300 g/mol. The number of alkyl halides is 3. The van der Waals surface area contributed by atoms with Gasteiger partial charge in [0.05, 0.1) is 5.56 Å². The molecule has 0 bridgehead atoms. The average Bonchev–Trinajstić information content (AvgIpc) is 2.45. The molecule has 3 N–H and O–H groups in total. The van der Waals surface area contributed by atoms with E-state index in [1.165, 1.54) is 12.1 Å². The summed E-state index contributed by atoms with van der Waals surface area (Å²) in [4.78, 5) is 11.1. The van der Waals surface area contributed by atoms with Crippen LogP contribution in [0.5, 0.6) is 0 Å². The number of carbonyl (C=O) groups is 1. The van der Waals surface area contributed by atoms with Crippen molar-refractivity contribution in [1.82, 2.24) is 5.32 Å². The average molecular weight is 300 g/mol. The molecule has 1 aliphatic carbocycles. The van der Waals surface area contributed by atoms with Crippen LogP contribution in [-0.4, -0.2) is 11.9 Å². The van der Waals surface area contributed by atoms with E-state index in [0.717, 1.165) is 18.9 Å². The Kier molecular flexibility index (Phi) is 4.88. The third-order valence-electron chi connectivity index (χ3n) is 4.03. The van der Waals surface area contributed by atoms with E-state index in [2.05, 4.69) is 5.32 Å². The topological polar surface area (TPSA) is 55.1 Å². The van der Waals surface area contributed by atoms with Crippen LogP contribution in [0.1, 0.15) is 36.8 Å². The third kappa shape index (κ3) is 4.20. The fourth-order valence-corrected chi connectivity index (χ4v) is 2.79. The molecule has 1 saturated carbocycles. The Morgan fingerprint density at radius 1 is 1.19 bits per heavy atom. The number of carbonyl (C=O) groups excluding carboxylic acids is 1. The lowest BCUT2D eigenvalue weighted by Gasteiger charge is -2.27. The number of halogens is 3. The number of benzene rings is 1. The first-order valence-corrected chi connectivity index (χ1v) is 7.05. The summed E-state index contributed by atoms with van der Waals surface area (Å²) in [7, 11) is 0.